The molecular weight excluding hydrogens is 263 g/mol. The van der Waals surface area contributed by atoms with E-state index in [1.807, 2.05) is 0 Å². The van der Waals surface area contributed by atoms with Crippen molar-refractivity contribution in [3.8, 4) is 0 Å². The zero-order valence-electron chi connectivity index (χ0n) is 7.09. The molecule has 1 rings (SSSR count). The number of halogens is 3. The summed E-state index contributed by atoms with van der Waals surface area (Å²) in [6, 6.07) is 5.28. The van der Waals surface area contributed by atoms with Crippen molar-refractivity contribution in [3.05, 3.63) is 33.8 Å². The van der Waals surface area contributed by atoms with E-state index < -0.39 is 0 Å². The molecule has 0 atom stereocenters. The van der Waals surface area contributed by atoms with Gasteiger partial charge in [0, 0.05) is 16.6 Å². The number of hydrogen-bond acceptors (Lipinski definition) is 1. The molecule has 2 nitrogen and oxygen atoms in total. The molecule has 0 saturated carbocycles. The van der Waals surface area contributed by atoms with Crippen LogP contribution in [0.1, 0.15) is 5.56 Å². The lowest BCUT2D eigenvalue weighted by Crippen LogP contribution is -2.28. The van der Waals surface area contributed by atoms with Gasteiger partial charge in [-0.15, -0.1) is 12.4 Å². The molecule has 14 heavy (non-hydrogen) atoms. The maximum Gasteiger partial charge on any atom is 0.163 e. The highest BCUT2D eigenvalue weighted by molar-refractivity contribution is 7.80. The smallest absolute Gasteiger partial charge is 0.163 e. The van der Waals surface area contributed by atoms with Crippen LogP contribution in [0.3, 0.4) is 0 Å². The van der Waals surface area contributed by atoms with Crippen molar-refractivity contribution in [2.45, 2.75) is 6.54 Å². The van der Waals surface area contributed by atoms with Gasteiger partial charge in [0.15, 0.2) is 5.11 Å². The minimum absolute atomic E-state index is 0. The van der Waals surface area contributed by atoms with Crippen LogP contribution < -0.4 is 11.1 Å². The summed E-state index contributed by atoms with van der Waals surface area (Å²) in [6.07, 6.45) is 0. The lowest BCUT2D eigenvalue weighted by molar-refractivity contribution is 0.920. The van der Waals surface area contributed by atoms with Gasteiger partial charge < -0.3 is 11.1 Å². The summed E-state index contributed by atoms with van der Waals surface area (Å²) in [5.74, 6) is 0. The molecule has 0 amide bonds. The quantitative estimate of drug-likeness (QED) is 0.812. The molecule has 0 saturated heterocycles. The van der Waals surface area contributed by atoms with E-state index in [4.69, 9.17) is 28.9 Å². The second-order valence-corrected chi connectivity index (χ2v) is 3.81. The van der Waals surface area contributed by atoms with Crippen molar-refractivity contribution in [2.75, 3.05) is 0 Å². The molecule has 3 N–H and O–H groups in total. The first kappa shape index (κ1) is 13.8. The van der Waals surface area contributed by atoms with Gasteiger partial charge in [0.2, 0.25) is 0 Å². The van der Waals surface area contributed by atoms with Gasteiger partial charge in [0.1, 0.15) is 0 Å². The average molecular weight is 272 g/mol. The third kappa shape index (κ3) is 4.86. The molecular formula is C8H9Cl3N2S. The van der Waals surface area contributed by atoms with E-state index in [0.717, 1.165) is 5.56 Å². The first-order valence-corrected chi connectivity index (χ1v) is 4.72. The highest BCUT2D eigenvalue weighted by atomic mass is 35.5. The zero-order valence-corrected chi connectivity index (χ0v) is 10.2. The molecule has 0 unspecified atom stereocenters. The number of rotatable bonds is 2. The van der Waals surface area contributed by atoms with Gasteiger partial charge in [-0.25, -0.2) is 0 Å². The third-order valence-corrected chi connectivity index (χ3v) is 1.97. The van der Waals surface area contributed by atoms with Gasteiger partial charge in [-0.2, -0.15) is 0 Å². The van der Waals surface area contributed by atoms with Crippen molar-refractivity contribution in [2.24, 2.45) is 5.73 Å². The predicted molar refractivity (Wildman–Crippen MR) is 67.3 cm³/mol. The summed E-state index contributed by atoms with van der Waals surface area (Å²) in [4.78, 5) is 0. The average Bonchev–Trinajstić information content (AvgIpc) is 1.99. The SMILES string of the molecule is Cl.NC(=S)NCc1cc(Cl)cc(Cl)c1. The van der Waals surface area contributed by atoms with Gasteiger partial charge in [-0.1, -0.05) is 23.2 Å². The van der Waals surface area contributed by atoms with Gasteiger partial charge in [-0.05, 0) is 36.0 Å². The molecule has 0 spiro atoms. The fourth-order valence-corrected chi connectivity index (χ4v) is 1.55. The van der Waals surface area contributed by atoms with Crippen LogP contribution in [-0.4, -0.2) is 5.11 Å². The first-order valence-electron chi connectivity index (χ1n) is 3.56. The third-order valence-electron chi connectivity index (χ3n) is 1.39. The molecule has 1 aromatic rings. The van der Waals surface area contributed by atoms with Crippen molar-refractivity contribution in [3.63, 3.8) is 0 Å². The Morgan fingerprint density at radius 3 is 2.21 bits per heavy atom. The van der Waals surface area contributed by atoms with Crippen LogP contribution in [-0.2, 0) is 6.54 Å². The summed E-state index contributed by atoms with van der Waals surface area (Å²) >= 11 is 16.2. The predicted octanol–water partition coefficient (Wildman–Crippen LogP) is 2.75. The summed E-state index contributed by atoms with van der Waals surface area (Å²) < 4.78 is 0. The minimum atomic E-state index is 0. The molecule has 6 heteroatoms. The van der Waals surface area contributed by atoms with Crippen molar-refractivity contribution < 1.29 is 0 Å². The molecule has 0 heterocycles. The largest absolute Gasteiger partial charge is 0.376 e. The number of nitrogens with two attached hydrogens (primary N) is 1. The van der Waals surface area contributed by atoms with E-state index >= 15 is 0 Å². The molecule has 1 aromatic carbocycles. The maximum atomic E-state index is 5.79. The van der Waals surface area contributed by atoms with E-state index in [0.29, 0.717) is 16.6 Å². The van der Waals surface area contributed by atoms with Crippen LogP contribution in [0.5, 0.6) is 0 Å². The van der Waals surface area contributed by atoms with E-state index in [9.17, 15) is 0 Å². The number of nitrogens with one attached hydrogen (secondary N) is 1. The molecule has 78 valence electrons. The Morgan fingerprint density at radius 2 is 1.79 bits per heavy atom. The Labute approximate surface area is 104 Å². The maximum absolute atomic E-state index is 5.79. The van der Waals surface area contributed by atoms with Gasteiger partial charge in [0.05, 0.1) is 0 Å². The number of thiocarbonyl (C=S) groups is 1. The molecule has 0 bridgehead atoms. The molecule has 0 aliphatic rings. The second-order valence-electron chi connectivity index (χ2n) is 2.50. The lowest BCUT2D eigenvalue weighted by atomic mass is 10.2. The van der Waals surface area contributed by atoms with Crippen LogP contribution in [0.25, 0.3) is 0 Å². The van der Waals surface area contributed by atoms with E-state index in [1.165, 1.54) is 0 Å². The van der Waals surface area contributed by atoms with Crippen molar-refractivity contribution in [1.82, 2.24) is 5.32 Å². The number of benzene rings is 1. The fourth-order valence-electron chi connectivity index (χ4n) is 0.902. The van der Waals surface area contributed by atoms with Crippen molar-refractivity contribution in [1.29, 1.82) is 0 Å². The van der Waals surface area contributed by atoms with Crippen LogP contribution in [0.4, 0.5) is 0 Å². The number of hydrogen-bond donors (Lipinski definition) is 2. The fraction of sp³-hybridized carbons (Fsp3) is 0.125. The lowest BCUT2D eigenvalue weighted by Gasteiger charge is -2.04. The normalized spacial score (nSPS) is 9.00. The highest BCUT2D eigenvalue weighted by Gasteiger charge is 1.97. The first-order chi connectivity index (χ1) is 6.08. The topological polar surface area (TPSA) is 38.0 Å². The summed E-state index contributed by atoms with van der Waals surface area (Å²) in [5.41, 5.74) is 6.22. The monoisotopic (exact) mass is 270 g/mol. The van der Waals surface area contributed by atoms with Gasteiger partial charge >= 0.3 is 0 Å². The van der Waals surface area contributed by atoms with Gasteiger partial charge in [-0.3, -0.25) is 0 Å². The molecule has 0 aromatic heterocycles. The van der Waals surface area contributed by atoms with E-state index in [2.05, 4.69) is 17.5 Å². The van der Waals surface area contributed by atoms with Crippen molar-refractivity contribution >= 4 is 52.9 Å². The Balaban J connectivity index is 0.00000169. The summed E-state index contributed by atoms with van der Waals surface area (Å²) in [7, 11) is 0. The zero-order chi connectivity index (χ0) is 9.84. The molecule has 0 radical (unpaired) electrons. The standard InChI is InChI=1S/C8H8Cl2N2S.ClH/c9-6-1-5(2-7(10)3-6)4-12-8(11)13;/h1-3H,4H2,(H3,11,12,13);1H. The minimum Gasteiger partial charge on any atom is -0.376 e. The van der Waals surface area contributed by atoms with Crippen LogP contribution in [0.2, 0.25) is 10.0 Å². The van der Waals surface area contributed by atoms with Crippen LogP contribution >= 0.6 is 47.8 Å². The molecule has 0 fully saturated rings. The highest BCUT2D eigenvalue weighted by Crippen LogP contribution is 2.18. The van der Waals surface area contributed by atoms with Crippen LogP contribution in [0.15, 0.2) is 18.2 Å². The summed E-state index contributed by atoms with van der Waals surface area (Å²) in [5, 5.41) is 4.28. The Morgan fingerprint density at radius 1 is 1.29 bits per heavy atom. The summed E-state index contributed by atoms with van der Waals surface area (Å²) in [6.45, 7) is 0.537. The Bertz CT molecular complexity index is 310. The van der Waals surface area contributed by atoms with Gasteiger partial charge in [0.25, 0.3) is 0 Å². The van der Waals surface area contributed by atoms with E-state index in [-0.39, 0.29) is 17.5 Å². The Kier molecular flexibility index (Phi) is 6.20. The van der Waals surface area contributed by atoms with Crippen LogP contribution in [0, 0.1) is 0 Å². The molecule has 0 aliphatic heterocycles. The van der Waals surface area contributed by atoms with E-state index in [1.54, 1.807) is 18.2 Å². The Hall–Kier alpha value is -0.220. The second kappa shape index (κ2) is 6.30. The molecule has 0 aliphatic carbocycles.